The summed E-state index contributed by atoms with van der Waals surface area (Å²) in [7, 11) is -3.30. The molecule has 2 atom stereocenters. The average molecular weight is 456 g/mol. The molecule has 166 valence electrons. The second-order valence-corrected chi connectivity index (χ2v) is 9.38. The first-order chi connectivity index (χ1) is 15.1. The zero-order valence-corrected chi connectivity index (χ0v) is 18.1. The number of carbonyl (C=O) groups is 1. The highest BCUT2D eigenvalue weighted by atomic mass is 32.2. The summed E-state index contributed by atoms with van der Waals surface area (Å²) in [5.74, 6) is -1.87. The SMILES string of the molecule is COC(=O)C1N(S(=O)(=O)c2ccc(C)cc2)c2ccc(N)cc2C1(O)c1ccccc1F. The van der Waals surface area contributed by atoms with Crippen LogP contribution in [0.2, 0.25) is 0 Å². The fourth-order valence-corrected chi connectivity index (χ4v) is 5.68. The van der Waals surface area contributed by atoms with Gasteiger partial charge in [0.1, 0.15) is 5.82 Å². The number of anilines is 2. The van der Waals surface area contributed by atoms with Crippen molar-refractivity contribution >= 4 is 27.4 Å². The lowest BCUT2D eigenvalue weighted by Crippen LogP contribution is -2.53. The number of fused-ring (bicyclic) bond motifs is 1. The predicted octanol–water partition coefficient (Wildman–Crippen LogP) is 2.70. The maximum atomic E-state index is 14.9. The van der Waals surface area contributed by atoms with Crippen molar-refractivity contribution in [2.75, 3.05) is 17.1 Å². The largest absolute Gasteiger partial charge is 0.467 e. The van der Waals surface area contributed by atoms with E-state index in [1.807, 2.05) is 0 Å². The van der Waals surface area contributed by atoms with Crippen molar-refractivity contribution in [2.24, 2.45) is 0 Å². The van der Waals surface area contributed by atoms with Gasteiger partial charge in [0, 0.05) is 16.8 Å². The van der Waals surface area contributed by atoms with Crippen LogP contribution in [-0.4, -0.2) is 32.6 Å². The number of halogens is 1. The number of benzene rings is 3. The van der Waals surface area contributed by atoms with Crippen molar-refractivity contribution in [3.63, 3.8) is 0 Å². The molecule has 0 amide bonds. The summed E-state index contributed by atoms with van der Waals surface area (Å²) in [6.07, 6.45) is 0. The molecule has 2 unspecified atom stereocenters. The van der Waals surface area contributed by atoms with Crippen LogP contribution in [0.5, 0.6) is 0 Å². The number of hydrogen-bond acceptors (Lipinski definition) is 6. The Morgan fingerprint density at radius 3 is 2.38 bits per heavy atom. The molecular formula is C23H21FN2O5S. The minimum absolute atomic E-state index is 0.000859. The number of sulfonamides is 1. The molecule has 3 N–H and O–H groups in total. The third kappa shape index (κ3) is 3.12. The number of aliphatic hydroxyl groups is 1. The summed E-state index contributed by atoms with van der Waals surface area (Å²) >= 11 is 0. The zero-order valence-electron chi connectivity index (χ0n) is 17.3. The van der Waals surface area contributed by atoms with E-state index in [1.54, 1.807) is 19.1 Å². The Morgan fingerprint density at radius 1 is 1.09 bits per heavy atom. The monoisotopic (exact) mass is 456 g/mol. The Bertz CT molecular complexity index is 1310. The molecule has 0 bridgehead atoms. The van der Waals surface area contributed by atoms with Gasteiger partial charge in [-0.2, -0.15) is 0 Å². The molecule has 0 saturated carbocycles. The molecular weight excluding hydrogens is 435 g/mol. The first-order valence-corrected chi connectivity index (χ1v) is 11.1. The van der Waals surface area contributed by atoms with Crippen LogP contribution in [0.3, 0.4) is 0 Å². The van der Waals surface area contributed by atoms with Gasteiger partial charge in [-0.3, -0.25) is 0 Å². The van der Waals surface area contributed by atoms with E-state index < -0.39 is 33.5 Å². The van der Waals surface area contributed by atoms with Crippen molar-refractivity contribution in [2.45, 2.75) is 23.5 Å². The number of carbonyl (C=O) groups excluding carboxylic acids is 1. The molecule has 0 radical (unpaired) electrons. The van der Waals surface area contributed by atoms with Crippen LogP contribution in [0, 0.1) is 12.7 Å². The normalized spacial score (nSPS) is 20.1. The highest BCUT2D eigenvalue weighted by Crippen LogP contribution is 2.51. The third-order valence-electron chi connectivity index (χ3n) is 5.59. The highest BCUT2D eigenvalue weighted by molar-refractivity contribution is 7.93. The Balaban J connectivity index is 2.06. The first-order valence-electron chi connectivity index (χ1n) is 9.68. The van der Waals surface area contributed by atoms with Crippen molar-refractivity contribution in [1.82, 2.24) is 0 Å². The maximum absolute atomic E-state index is 14.9. The van der Waals surface area contributed by atoms with Gasteiger partial charge >= 0.3 is 5.97 Å². The molecule has 0 spiro atoms. The topological polar surface area (TPSA) is 110 Å². The van der Waals surface area contributed by atoms with Gasteiger partial charge in [-0.15, -0.1) is 0 Å². The molecule has 3 aromatic carbocycles. The fourth-order valence-electron chi connectivity index (χ4n) is 4.04. The number of nitrogen functional groups attached to an aromatic ring is 1. The summed E-state index contributed by atoms with van der Waals surface area (Å²) in [6.45, 7) is 1.80. The fraction of sp³-hybridized carbons (Fsp3) is 0.174. The minimum Gasteiger partial charge on any atom is -0.467 e. The number of nitrogens with zero attached hydrogens (tertiary/aromatic N) is 1. The number of methoxy groups -OCH3 is 1. The van der Waals surface area contributed by atoms with Gasteiger partial charge in [0.2, 0.25) is 0 Å². The van der Waals surface area contributed by atoms with Gasteiger partial charge in [-0.1, -0.05) is 35.9 Å². The summed E-state index contributed by atoms with van der Waals surface area (Å²) < 4.78 is 48.0. The molecule has 0 saturated heterocycles. The van der Waals surface area contributed by atoms with Crippen molar-refractivity contribution < 1.29 is 27.4 Å². The van der Waals surface area contributed by atoms with Crippen LogP contribution < -0.4 is 10.0 Å². The Labute approximate surface area is 184 Å². The summed E-state index contributed by atoms with van der Waals surface area (Å²) in [4.78, 5) is 12.9. The summed E-state index contributed by atoms with van der Waals surface area (Å²) in [5, 5.41) is 11.9. The number of ether oxygens (including phenoxy) is 1. The lowest BCUT2D eigenvalue weighted by Gasteiger charge is -2.33. The Kier molecular flexibility index (Phi) is 5.18. The lowest BCUT2D eigenvalue weighted by atomic mass is 9.82. The van der Waals surface area contributed by atoms with E-state index in [0.29, 0.717) is 0 Å². The molecule has 0 aliphatic carbocycles. The van der Waals surface area contributed by atoms with Crippen molar-refractivity contribution in [3.8, 4) is 0 Å². The standard InChI is InChI=1S/C23H21FN2O5S/c1-14-7-10-16(11-8-14)32(29,30)26-20-12-9-15(25)13-18(20)23(28,21(26)22(27)31-2)17-5-3-4-6-19(17)24/h3-13,21,28H,25H2,1-2H3. The second-order valence-electron chi connectivity index (χ2n) is 7.56. The van der Waals surface area contributed by atoms with Crippen LogP contribution in [0.25, 0.3) is 0 Å². The van der Waals surface area contributed by atoms with E-state index in [1.165, 1.54) is 48.5 Å². The molecule has 32 heavy (non-hydrogen) atoms. The zero-order chi connectivity index (χ0) is 23.3. The number of aryl methyl sites for hydroxylation is 1. The van der Waals surface area contributed by atoms with Gasteiger partial charge in [-0.05, 0) is 43.3 Å². The molecule has 7 nitrogen and oxygen atoms in total. The summed E-state index contributed by atoms with van der Waals surface area (Å²) in [6, 6.07) is 13.7. The maximum Gasteiger partial charge on any atom is 0.333 e. The molecule has 0 fully saturated rings. The average Bonchev–Trinajstić information content (AvgIpc) is 3.03. The van der Waals surface area contributed by atoms with Gasteiger partial charge < -0.3 is 15.6 Å². The van der Waals surface area contributed by atoms with Crippen LogP contribution in [0.1, 0.15) is 16.7 Å². The van der Waals surface area contributed by atoms with E-state index in [-0.39, 0.29) is 27.4 Å². The van der Waals surface area contributed by atoms with Crippen molar-refractivity contribution in [1.29, 1.82) is 0 Å². The molecule has 4 rings (SSSR count). The number of esters is 1. The van der Waals surface area contributed by atoms with E-state index in [4.69, 9.17) is 10.5 Å². The summed E-state index contributed by atoms with van der Waals surface area (Å²) in [5.41, 5.74) is 4.28. The lowest BCUT2D eigenvalue weighted by molar-refractivity contribution is -0.146. The highest BCUT2D eigenvalue weighted by Gasteiger charge is 2.60. The van der Waals surface area contributed by atoms with Crippen LogP contribution in [0.15, 0.2) is 71.6 Å². The number of hydrogen-bond donors (Lipinski definition) is 2. The van der Waals surface area contributed by atoms with Crippen LogP contribution >= 0.6 is 0 Å². The van der Waals surface area contributed by atoms with E-state index >= 15 is 0 Å². The van der Waals surface area contributed by atoms with Gasteiger partial charge in [0.15, 0.2) is 11.6 Å². The molecule has 1 heterocycles. The number of nitrogens with two attached hydrogens (primary N) is 1. The minimum atomic E-state index is -4.37. The molecule has 3 aromatic rings. The molecule has 1 aliphatic heterocycles. The van der Waals surface area contributed by atoms with E-state index in [9.17, 15) is 22.7 Å². The number of rotatable bonds is 4. The van der Waals surface area contributed by atoms with Gasteiger partial charge in [0.25, 0.3) is 10.0 Å². The first kappa shape index (κ1) is 21.8. The third-order valence-corrected chi connectivity index (χ3v) is 7.38. The smallest absolute Gasteiger partial charge is 0.333 e. The van der Waals surface area contributed by atoms with Crippen molar-refractivity contribution in [3.05, 3.63) is 89.2 Å². The Morgan fingerprint density at radius 2 is 1.75 bits per heavy atom. The molecule has 9 heteroatoms. The molecule has 1 aliphatic rings. The van der Waals surface area contributed by atoms with Gasteiger partial charge in [-0.25, -0.2) is 21.9 Å². The predicted molar refractivity (Wildman–Crippen MR) is 117 cm³/mol. The second kappa shape index (κ2) is 7.61. The van der Waals surface area contributed by atoms with Crippen LogP contribution in [0.4, 0.5) is 15.8 Å². The quantitative estimate of drug-likeness (QED) is 0.462. The van der Waals surface area contributed by atoms with Gasteiger partial charge in [0.05, 0.1) is 17.7 Å². The molecule has 0 aromatic heterocycles. The van der Waals surface area contributed by atoms with E-state index in [0.717, 1.165) is 23.0 Å². The Hall–Kier alpha value is -3.43. The van der Waals surface area contributed by atoms with Crippen LogP contribution in [-0.2, 0) is 25.2 Å². The van der Waals surface area contributed by atoms with E-state index in [2.05, 4.69) is 0 Å².